The Balaban J connectivity index is 2.37. The van der Waals surface area contributed by atoms with E-state index >= 15 is 0 Å². The Morgan fingerprint density at radius 2 is 1.83 bits per heavy atom. The molecule has 94 valence electrons. The molecule has 2 nitrogen and oxygen atoms in total. The van der Waals surface area contributed by atoms with Gasteiger partial charge in [0.2, 0.25) is 0 Å². The molecule has 0 aliphatic carbocycles. The molecule has 0 amide bonds. The minimum Gasteiger partial charge on any atom is -0.457 e. The van der Waals surface area contributed by atoms with Gasteiger partial charge in [0, 0.05) is 10.6 Å². The van der Waals surface area contributed by atoms with Gasteiger partial charge in [0.25, 0.3) is 0 Å². The first-order valence-corrected chi connectivity index (χ1v) is 6.16. The molecule has 18 heavy (non-hydrogen) atoms. The lowest BCUT2D eigenvalue weighted by atomic mass is 10.1. The summed E-state index contributed by atoms with van der Waals surface area (Å²) in [6.07, 6.45) is -0.569. The van der Waals surface area contributed by atoms with Crippen LogP contribution < -0.4 is 4.74 Å². The highest BCUT2D eigenvalue weighted by Crippen LogP contribution is 2.32. The minimum atomic E-state index is -0.569. The van der Waals surface area contributed by atoms with Gasteiger partial charge >= 0.3 is 0 Å². The molecule has 2 aromatic carbocycles. The van der Waals surface area contributed by atoms with Crippen molar-refractivity contribution in [2.75, 3.05) is 0 Å². The van der Waals surface area contributed by atoms with E-state index in [2.05, 4.69) is 0 Å². The van der Waals surface area contributed by atoms with Crippen molar-refractivity contribution >= 4 is 11.6 Å². The van der Waals surface area contributed by atoms with Crippen molar-refractivity contribution in [1.29, 1.82) is 0 Å². The van der Waals surface area contributed by atoms with Gasteiger partial charge in [-0.15, -0.1) is 0 Å². The second-order valence-corrected chi connectivity index (χ2v) is 4.66. The van der Waals surface area contributed by atoms with Crippen LogP contribution in [0.25, 0.3) is 0 Å². The van der Waals surface area contributed by atoms with Gasteiger partial charge in [-0.05, 0) is 37.6 Å². The predicted molar refractivity (Wildman–Crippen MR) is 73.3 cm³/mol. The van der Waals surface area contributed by atoms with Crippen LogP contribution in [0.1, 0.15) is 24.2 Å². The van der Waals surface area contributed by atoms with E-state index in [0.717, 1.165) is 11.1 Å². The molecule has 0 saturated carbocycles. The Morgan fingerprint density at radius 3 is 2.56 bits per heavy atom. The molecule has 2 aromatic rings. The zero-order valence-corrected chi connectivity index (χ0v) is 11.1. The molecule has 0 heterocycles. The maximum Gasteiger partial charge on any atom is 0.133 e. The summed E-state index contributed by atoms with van der Waals surface area (Å²) in [5, 5.41) is 10.3. The third-order valence-corrected chi connectivity index (χ3v) is 2.97. The molecule has 0 saturated heterocycles. The van der Waals surface area contributed by atoms with Crippen LogP contribution in [0.4, 0.5) is 0 Å². The van der Waals surface area contributed by atoms with E-state index in [4.69, 9.17) is 16.3 Å². The number of hydrogen-bond donors (Lipinski definition) is 1. The fourth-order valence-corrected chi connectivity index (χ4v) is 1.88. The average molecular weight is 263 g/mol. The number of aliphatic hydroxyl groups excluding tert-OH is 1. The van der Waals surface area contributed by atoms with E-state index in [1.54, 1.807) is 13.0 Å². The first-order chi connectivity index (χ1) is 8.58. The highest BCUT2D eigenvalue weighted by Gasteiger charge is 2.10. The van der Waals surface area contributed by atoms with Crippen LogP contribution in [0.2, 0.25) is 5.02 Å². The van der Waals surface area contributed by atoms with Crippen molar-refractivity contribution in [3.63, 3.8) is 0 Å². The number of halogens is 1. The second kappa shape index (κ2) is 5.42. The van der Waals surface area contributed by atoms with Gasteiger partial charge in [-0.3, -0.25) is 0 Å². The standard InChI is InChI=1S/C15H15ClO2/c1-10-7-8-12(16)9-15(10)18-14-6-4-3-5-13(14)11(2)17/h3-9,11,17H,1-2H3. The summed E-state index contributed by atoms with van der Waals surface area (Å²) >= 11 is 5.96. The van der Waals surface area contributed by atoms with Crippen LogP contribution in [0.5, 0.6) is 11.5 Å². The van der Waals surface area contributed by atoms with Crippen molar-refractivity contribution in [2.45, 2.75) is 20.0 Å². The number of rotatable bonds is 3. The molecule has 1 unspecified atom stereocenters. The third kappa shape index (κ3) is 2.84. The van der Waals surface area contributed by atoms with Gasteiger partial charge in [-0.1, -0.05) is 35.9 Å². The molecule has 2 rings (SSSR count). The van der Waals surface area contributed by atoms with Gasteiger partial charge in [-0.25, -0.2) is 0 Å². The Hall–Kier alpha value is -1.51. The molecule has 0 bridgehead atoms. The van der Waals surface area contributed by atoms with Crippen LogP contribution >= 0.6 is 11.6 Å². The summed E-state index contributed by atoms with van der Waals surface area (Å²) in [6.45, 7) is 3.67. The molecule has 0 aromatic heterocycles. The average Bonchev–Trinajstić information content (AvgIpc) is 2.34. The summed E-state index contributed by atoms with van der Waals surface area (Å²) in [5.41, 5.74) is 1.76. The van der Waals surface area contributed by atoms with Crippen molar-refractivity contribution in [2.24, 2.45) is 0 Å². The highest BCUT2D eigenvalue weighted by atomic mass is 35.5. The number of benzene rings is 2. The highest BCUT2D eigenvalue weighted by molar-refractivity contribution is 6.30. The lowest BCUT2D eigenvalue weighted by molar-refractivity contribution is 0.195. The van der Waals surface area contributed by atoms with Crippen molar-refractivity contribution in [3.8, 4) is 11.5 Å². The molecule has 0 aliphatic rings. The number of ether oxygens (including phenoxy) is 1. The van der Waals surface area contributed by atoms with Crippen LogP contribution in [-0.2, 0) is 0 Å². The van der Waals surface area contributed by atoms with E-state index in [0.29, 0.717) is 16.5 Å². The van der Waals surface area contributed by atoms with Crippen molar-refractivity contribution in [1.82, 2.24) is 0 Å². The number of para-hydroxylation sites is 1. The number of aliphatic hydroxyl groups is 1. The zero-order valence-electron chi connectivity index (χ0n) is 10.4. The Morgan fingerprint density at radius 1 is 1.11 bits per heavy atom. The molecular weight excluding hydrogens is 248 g/mol. The third-order valence-electron chi connectivity index (χ3n) is 2.74. The van der Waals surface area contributed by atoms with Gasteiger partial charge in [0.05, 0.1) is 6.10 Å². The Bertz CT molecular complexity index is 550. The van der Waals surface area contributed by atoms with E-state index in [1.807, 2.05) is 43.3 Å². The molecule has 0 aliphatic heterocycles. The molecule has 1 atom stereocenters. The minimum absolute atomic E-state index is 0.569. The summed E-state index contributed by atoms with van der Waals surface area (Å²) in [6, 6.07) is 12.9. The van der Waals surface area contributed by atoms with Crippen LogP contribution in [-0.4, -0.2) is 5.11 Å². The van der Waals surface area contributed by atoms with Crippen molar-refractivity contribution < 1.29 is 9.84 Å². The summed E-state index contributed by atoms with van der Waals surface area (Å²) in [5.74, 6) is 1.36. The van der Waals surface area contributed by atoms with E-state index in [-0.39, 0.29) is 0 Å². The van der Waals surface area contributed by atoms with Gasteiger partial charge in [-0.2, -0.15) is 0 Å². The maximum atomic E-state index is 9.70. The summed E-state index contributed by atoms with van der Waals surface area (Å²) in [7, 11) is 0. The molecule has 1 N–H and O–H groups in total. The fraction of sp³-hybridized carbons (Fsp3) is 0.200. The Kier molecular flexibility index (Phi) is 3.90. The summed E-state index contributed by atoms with van der Waals surface area (Å²) < 4.78 is 5.84. The summed E-state index contributed by atoms with van der Waals surface area (Å²) in [4.78, 5) is 0. The SMILES string of the molecule is Cc1ccc(Cl)cc1Oc1ccccc1C(C)O. The molecule has 3 heteroatoms. The van der Waals surface area contributed by atoms with E-state index < -0.39 is 6.10 Å². The zero-order chi connectivity index (χ0) is 13.1. The van der Waals surface area contributed by atoms with E-state index in [1.165, 1.54) is 0 Å². The quantitative estimate of drug-likeness (QED) is 0.883. The maximum absolute atomic E-state index is 9.70. The molecule has 0 spiro atoms. The number of hydrogen-bond acceptors (Lipinski definition) is 2. The predicted octanol–water partition coefficient (Wildman–Crippen LogP) is 4.49. The van der Waals surface area contributed by atoms with Gasteiger partial charge in [0.15, 0.2) is 0 Å². The first-order valence-electron chi connectivity index (χ1n) is 5.79. The topological polar surface area (TPSA) is 29.5 Å². The monoisotopic (exact) mass is 262 g/mol. The van der Waals surface area contributed by atoms with Crippen LogP contribution in [0.3, 0.4) is 0 Å². The fourth-order valence-electron chi connectivity index (χ4n) is 1.72. The molecular formula is C15H15ClO2. The number of aryl methyl sites for hydroxylation is 1. The van der Waals surface area contributed by atoms with Gasteiger partial charge in [0.1, 0.15) is 11.5 Å². The lowest BCUT2D eigenvalue weighted by Gasteiger charge is -2.14. The second-order valence-electron chi connectivity index (χ2n) is 4.23. The van der Waals surface area contributed by atoms with Crippen LogP contribution in [0.15, 0.2) is 42.5 Å². The molecule has 0 radical (unpaired) electrons. The van der Waals surface area contributed by atoms with Gasteiger partial charge < -0.3 is 9.84 Å². The lowest BCUT2D eigenvalue weighted by Crippen LogP contribution is -1.96. The normalized spacial score (nSPS) is 12.2. The Labute approximate surface area is 112 Å². The largest absolute Gasteiger partial charge is 0.457 e. The smallest absolute Gasteiger partial charge is 0.133 e. The first kappa shape index (κ1) is 12.9. The van der Waals surface area contributed by atoms with Crippen LogP contribution in [0, 0.1) is 6.92 Å². The van der Waals surface area contributed by atoms with E-state index in [9.17, 15) is 5.11 Å². The molecule has 0 fully saturated rings. The van der Waals surface area contributed by atoms with Crippen molar-refractivity contribution in [3.05, 3.63) is 58.6 Å².